The van der Waals surface area contributed by atoms with Crippen LogP contribution in [-0.4, -0.2) is 45.4 Å². The molecule has 0 spiro atoms. The molecule has 1 N–H and O–H groups in total. The van der Waals surface area contributed by atoms with Gasteiger partial charge in [-0.2, -0.15) is 5.10 Å². The van der Waals surface area contributed by atoms with E-state index in [4.69, 9.17) is 4.74 Å². The Labute approximate surface area is 149 Å². The van der Waals surface area contributed by atoms with Crippen molar-refractivity contribution in [3.63, 3.8) is 0 Å². The Morgan fingerprint density at radius 3 is 2.92 bits per heavy atom. The summed E-state index contributed by atoms with van der Waals surface area (Å²) in [6.07, 6.45) is 5.47. The summed E-state index contributed by atoms with van der Waals surface area (Å²) in [6.45, 7) is 4.87. The van der Waals surface area contributed by atoms with E-state index in [9.17, 15) is 0 Å². The minimum atomic E-state index is 0.403. The molecule has 4 rings (SSSR count). The zero-order chi connectivity index (χ0) is 17.2. The van der Waals surface area contributed by atoms with Crippen LogP contribution in [0.15, 0.2) is 30.6 Å². The van der Waals surface area contributed by atoms with Gasteiger partial charge >= 0.3 is 0 Å². The number of aromatic nitrogens is 3. The number of nitrogens with one attached hydrogen (secondary N) is 1. The van der Waals surface area contributed by atoms with E-state index in [-0.39, 0.29) is 0 Å². The van der Waals surface area contributed by atoms with Gasteiger partial charge in [0, 0.05) is 25.2 Å². The summed E-state index contributed by atoms with van der Waals surface area (Å²) in [6, 6.07) is 10.1. The molecule has 2 atom stereocenters. The molecule has 1 aromatic carbocycles. The number of ether oxygens (including phenoxy) is 1. The van der Waals surface area contributed by atoms with Gasteiger partial charge in [0.2, 0.25) is 0 Å². The van der Waals surface area contributed by atoms with Crippen molar-refractivity contribution in [3.05, 3.63) is 42.0 Å². The molecule has 1 aliphatic carbocycles. The van der Waals surface area contributed by atoms with Gasteiger partial charge in [0.25, 0.3) is 0 Å². The first kappa shape index (κ1) is 16.5. The van der Waals surface area contributed by atoms with Gasteiger partial charge in [0.15, 0.2) is 0 Å². The van der Waals surface area contributed by atoms with E-state index >= 15 is 0 Å². The van der Waals surface area contributed by atoms with Gasteiger partial charge in [-0.25, -0.2) is 9.67 Å². The second kappa shape index (κ2) is 7.14. The van der Waals surface area contributed by atoms with Crippen LogP contribution >= 0.6 is 0 Å². The molecule has 1 aromatic heterocycles. The predicted molar refractivity (Wildman–Crippen MR) is 96.4 cm³/mol. The predicted octanol–water partition coefficient (Wildman–Crippen LogP) is 2.37. The van der Waals surface area contributed by atoms with Crippen LogP contribution in [0.25, 0.3) is 0 Å². The van der Waals surface area contributed by atoms with Gasteiger partial charge in [-0.05, 0) is 43.9 Å². The summed E-state index contributed by atoms with van der Waals surface area (Å²) in [7, 11) is 1.74. The van der Waals surface area contributed by atoms with E-state index in [1.807, 2.05) is 10.7 Å². The number of hydrogen-bond donors (Lipinski definition) is 1. The fourth-order valence-electron chi connectivity index (χ4n) is 4.01. The van der Waals surface area contributed by atoms with Gasteiger partial charge in [-0.15, -0.1) is 0 Å². The molecule has 1 saturated carbocycles. The largest absolute Gasteiger partial charge is 0.497 e. The lowest BCUT2D eigenvalue weighted by molar-refractivity contribution is 0.225. The monoisotopic (exact) mass is 341 g/mol. The molecule has 0 unspecified atom stereocenters. The number of aryl methyl sites for hydroxylation is 1. The van der Waals surface area contributed by atoms with Gasteiger partial charge in [-0.3, -0.25) is 4.90 Å². The molecule has 2 fully saturated rings. The van der Waals surface area contributed by atoms with Crippen molar-refractivity contribution in [1.82, 2.24) is 25.0 Å². The first-order chi connectivity index (χ1) is 12.3. The first-order valence-corrected chi connectivity index (χ1v) is 9.30. The number of methoxy groups -OCH3 is 1. The molecule has 2 aromatic rings. The number of hydrogen-bond acceptors (Lipinski definition) is 5. The SMILES string of the molecule is CCn1ncnc1CN[C@H]1CCN(C2CC2)[C@H]1c1cccc(OC)c1. The fraction of sp³-hybridized carbons (Fsp3) is 0.579. The molecular formula is C19H27N5O. The van der Waals surface area contributed by atoms with Crippen LogP contribution in [0.1, 0.15) is 43.6 Å². The molecule has 2 aliphatic rings. The third-order valence-electron chi connectivity index (χ3n) is 5.41. The van der Waals surface area contributed by atoms with Crippen LogP contribution in [0.3, 0.4) is 0 Å². The van der Waals surface area contributed by atoms with E-state index in [1.165, 1.54) is 24.8 Å². The fourth-order valence-corrected chi connectivity index (χ4v) is 4.01. The highest BCUT2D eigenvalue weighted by Crippen LogP contribution is 2.41. The number of rotatable bonds is 7. The van der Waals surface area contributed by atoms with Crippen LogP contribution in [0, 0.1) is 0 Å². The lowest BCUT2D eigenvalue weighted by Gasteiger charge is -2.29. The molecule has 0 radical (unpaired) electrons. The van der Waals surface area contributed by atoms with Gasteiger partial charge in [0.05, 0.1) is 19.7 Å². The van der Waals surface area contributed by atoms with Crippen molar-refractivity contribution in [2.75, 3.05) is 13.7 Å². The molecular weight excluding hydrogens is 314 g/mol. The van der Waals surface area contributed by atoms with Crippen molar-refractivity contribution >= 4 is 0 Å². The van der Waals surface area contributed by atoms with E-state index < -0.39 is 0 Å². The molecule has 2 heterocycles. The van der Waals surface area contributed by atoms with Crippen molar-refractivity contribution in [1.29, 1.82) is 0 Å². The first-order valence-electron chi connectivity index (χ1n) is 9.30. The highest BCUT2D eigenvalue weighted by molar-refractivity contribution is 5.32. The lowest BCUT2D eigenvalue weighted by Crippen LogP contribution is -2.37. The van der Waals surface area contributed by atoms with Crippen LogP contribution in [0.4, 0.5) is 0 Å². The summed E-state index contributed by atoms with van der Waals surface area (Å²) in [5, 5.41) is 8.02. The quantitative estimate of drug-likeness (QED) is 0.838. The normalized spacial score (nSPS) is 23.9. The van der Waals surface area contributed by atoms with Gasteiger partial charge in [-0.1, -0.05) is 12.1 Å². The second-order valence-corrected chi connectivity index (χ2v) is 6.96. The van der Waals surface area contributed by atoms with Crippen LogP contribution in [-0.2, 0) is 13.1 Å². The van der Waals surface area contributed by atoms with Crippen molar-refractivity contribution < 1.29 is 4.74 Å². The van der Waals surface area contributed by atoms with Crippen molar-refractivity contribution in [2.45, 2.75) is 57.4 Å². The van der Waals surface area contributed by atoms with Crippen molar-refractivity contribution in [3.8, 4) is 5.75 Å². The van der Waals surface area contributed by atoms with Crippen LogP contribution in [0.2, 0.25) is 0 Å². The standard InChI is InChI=1S/C19H27N5O/c1-3-24-18(21-13-22-24)12-20-17-9-10-23(15-7-8-15)19(17)14-5-4-6-16(11-14)25-2/h4-6,11,13,15,17,19-20H,3,7-10,12H2,1-2H3/t17-,19-/m0/s1. The van der Waals surface area contributed by atoms with Gasteiger partial charge < -0.3 is 10.1 Å². The Bertz CT molecular complexity index is 711. The zero-order valence-corrected chi connectivity index (χ0v) is 15.1. The summed E-state index contributed by atoms with van der Waals surface area (Å²) in [5.74, 6) is 1.95. The van der Waals surface area contributed by atoms with E-state index in [2.05, 4.69) is 45.4 Å². The number of likely N-dealkylation sites (tertiary alicyclic amines) is 1. The summed E-state index contributed by atoms with van der Waals surface area (Å²) in [5.41, 5.74) is 1.35. The average Bonchev–Trinajstić information content (AvgIpc) is 3.24. The molecule has 1 saturated heterocycles. The van der Waals surface area contributed by atoms with Crippen LogP contribution < -0.4 is 10.1 Å². The Balaban J connectivity index is 1.53. The number of nitrogens with zero attached hydrogens (tertiary/aromatic N) is 4. The van der Waals surface area contributed by atoms with Gasteiger partial charge in [0.1, 0.15) is 17.9 Å². The summed E-state index contributed by atoms with van der Waals surface area (Å²) < 4.78 is 7.41. The topological polar surface area (TPSA) is 55.2 Å². The third kappa shape index (κ3) is 3.41. The maximum atomic E-state index is 5.45. The molecule has 6 heteroatoms. The maximum absolute atomic E-state index is 5.45. The molecule has 25 heavy (non-hydrogen) atoms. The third-order valence-corrected chi connectivity index (χ3v) is 5.41. The molecule has 134 valence electrons. The highest BCUT2D eigenvalue weighted by atomic mass is 16.5. The smallest absolute Gasteiger partial charge is 0.140 e. The van der Waals surface area contributed by atoms with Crippen LogP contribution in [0.5, 0.6) is 5.75 Å². The molecule has 0 amide bonds. The van der Waals surface area contributed by atoms with Crippen molar-refractivity contribution in [2.24, 2.45) is 0 Å². The molecule has 6 nitrogen and oxygen atoms in total. The summed E-state index contributed by atoms with van der Waals surface area (Å²) in [4.78, 5) is 7.07. The zero-order valence-electron chi connectivity index (χ0n) is 15.1. The Kier molecular flexibility index (Phi) is 4.72. The van der Waals surface area contributed by atoms with E-state index in [0.29, 0.717) is 12.1 Å². The highest BCUT2D eigenvalue weighted by Gasteiger charge is 2.42. The maximum Gasteiger partial charge on any atom is 0.140 e. The Morgan fingerprint density at radius 1 is 1.28 bits per heavy atom. The molecule has 0 bridgehead atoms. The Hall–Kier alpha value is -1.92. The minimum absolute atomic E-state index is 0.403. The summed E-state index contributed by atoms with van der Waals surface area (Å²) >= 11 is 0. The van der Waals surface area contributed by atoms with E-state index in [1.54, 1.807) is 13.4 Å². The Morgan fingerprint density at radius 2 is 2.16 bits per heavy atom. The van der Waals surface area contributed by atoms with E-state index in [0.717, 1.165) is 37.3 Å². The second-order valence-electron chi connectivity index (χ2n) is 6.96. The minimum Gasteiger partial charge on any atom is -0.497 e. The number of benzene rings is 1. The average molecular weight is 341 g/mol. The molecule has 1 aliphatic heterocycles. The lowest BCUT2D eigenvalue weighted by atomic mass is 9.99.